The zero-order chi connectivity index (χ0) is 14.5. The largest absolute Gasteiger partial charge is 0.493 e. The zero-order valence-electron chi connectivity index (χ0n) is 11.4. The maximum Gasteiger partial charge on any atom is 0.392 e. The van der Waals surface area contributed by atoms with Crippen molar-refractivity contribution in [3.05, 3.63) is 29.8 Å². The third kappa shape index (κ3) is 4.42. The zero-order valence-corrected chi connectivity index (χ0v) is 11.4. The first-order valence-corrected chi connectivity index (χ1v) is 6.16. The molecule has 0 aromatic heterocycles. The van der Waals surface area contributed by atoms with E-state index in [4.69, 9.17) is 9.47 Å². The van der Waals surface area contributed by atoms with Gasteiger partial charge in [0.15, 0.2) is 0 Å². The quantitative estimate of drug-likeness (QED) is 0.771. The van der Waals surface area contributed by atoms with Crippen LogP contribution in [0.4, 0.5) is 13.2 Å². The standard InChI is InChI=1S/C14H19F3O2/c1-4-9-19-12-8-6-5-7-11(12)13(2,18-3)10-14(15,16)17/h5-8H,4,9-10H2,1-3H3. The Balaban J connectivity index is 3.09. The van der Waals surface area contributed by atoms with Gasteiger partial charge in [-0.15, -0.1) is 0 Å². The van der Waals surface area contributed by atoms with Crippen molar-refractivity contribution < 1.29 is 22.6 Å². The van der Waals surface area contributed by atoms with Gasteiger partial charge in [0.25, 0.3) is 0 Å². The molecular formula is C14H19F3O2. The van der Waals surface area contributed by atoms with Crippen molar-refractivity contribution in [3.8, 4) is 5.75 Å². The van der Waals surface area contributed by atoms with Crippen molar-refractivity contribution in [3.63, 3.8) is 0 Å². The molecule has 0 fully saturated rings. The summed E-state index contributed by atoms with van der Waals surface area (Å²) in [5, 5.41) is 0. The Kier molecular flexibility index (Phi) is 5.23. The minimum absolute atomic E-state index is 0.420. The number of alkyl halides is 3. The van der Waals surface area contributed by atoms with Gasteiger partial charge in [0.05, 0.1) is 13.0 Å². The van der Waals surface area contributed by atoms with Crippen LogP contribution >= 0.6 is 0 Å². The Labute approximate surface area is 111 Å². The summed E-state index contributed by atoms with van der Waals surface area (Å²) in [5.74, 6) is 0.443. The fourth-order valence-electron chi connectivity index (χ4n) is 1.90. The van der Waals surface area contributed by atoms with E-state index < -0.39 is 18.2 Å². The molecule has 0 aliphatic heterocycles. The second kappa shape index (κ2) is 6.28. The first-order valence-electron chi connectivity index (χ1n) is 6.16. The van der Waals surface area contributed by atoms with Gasteiger partial charge in [-0.25, -0.2) is 0 Å². The second-order valence-electron chi connectivity index (χ2n) is 4.57. The van der Waals surface area contributed by atoms with Gasteiger partial charge in [-0.05, 0) is 19.4 Å². The van der Waals surface area contributed by atoms with E-state index in [9.17, 15) is 13.2 Å². The van der Waals surface area contributed by atoms with Crippen molar-refractivity contribution in [2.75, 3.05) is 13.7 Å². The van der Waals surface area contributed by atoms with Crippen LogP contribution < -0.4 is 4.74 Å². The molecule has 0 spiro atoms. The maximum atomic E-state index is 12.7. The fraction of sp³-hybridized carbons (Fsp3) is 0.571. The molecule has 0 aliphatic rings. The molecule has 0 amide bonds. The molecule has 0 heterocycles. The molecule has 5 heteroatoms. The van der Waals surface area contributed by atoms with E-state index in [1.54, 1.807) is 24.3 Å². The predicted octanol–water partition coefficient (Wildman–Crippen LogP) is 4.29. The van der Waals surface area contributed by atoms with Crippen LogP contribution in [0.25, 0.3) is 0 Å². The lowest BCUT2D eigenvalue weighted by molar-refractivity contribution is -0.182. The first-order chi connectivity index (χ1) is 8.82. The van der Waals surface area contributed by atoms with Gasteiger partial charge in [0, 0.05) is 12.7 Å². The van der Waals surface area contributed by atoms with Crippen LogP contribution in [0, 0.1) is 0 Å². The van der Waals surface area contributed by atoms with Crippen LogP contribution in [0.2, 0.25) is 0 Å². The Morgan fingerprint density at radius 2 is 1.79 bits per heavy atom. The van der Waals surface area contributed by atoms with Crippen LogP contribution in [-0.4, -0.2) is 19.9 Å². The van der Waals surface area contributed by atoms with Gasteiger partial charge in [-0.1, -0.05) is 25.1 Å². The van der Waals surface area contributed by atoms with Gasteiger partial charge in [-0.2, -0.15) is 13.2 Å². The average molecular weight is 276 g/mol. The van der Waals surface area contributed by atoms with E-state index in [2.05, 4.69) is 0 Å². The number of hydrogen-bond donors (Lipinski definition) is 0. The summed E-state index contributed by atoms with van der Waals surface area (Å²) in [7, 11) is 1.28. The van der Waals surface area contributed by atoms with Crippen molar-refractivity contribution >= 4 is 0 Å². The van der Waals surface area contributed by atoms with E-state index in [1.165, 1.54) is 14.0 Å². The molecular weight excluding hydrogens is 257 g/mol. The van der Waals surface area contributed by atoms with Gasteiger partial charge in [0.2, 0.25) is 0 Å². The molecule has 0 bridgehead atoms. The number of hydrogen-bond acceptors (Lipinski definition) is 2. The molecule has 1 unspecified atom stereocenters. The van der Waals surface area contributed by atoms with Crippen LogP contribution in [0.5, 0.6) is 5.75 Å². The number of benzene rings is 1. The van der Waals surface area contributed by atoms with E-state index >= 15 is 0 Å². The molecule has 0 saturated heterocycles. The lowest BCUT2D eigenvalue weighted by atomic mass is 9.91. The van der Waals surface area contributed by atoms with Crippen LogP contribution in [0.1, 0.15) is 32.3 Å². The molecule has 0 N–H and O–H groups in total. The Morgan fingerprint density at radius 3 is 2.32 bits per heavy atom. The summed E-state index contributed by atoms with van der Waals surface area (Å²) in [6.45, 7) is 3.82. The Morgan fingerprint density at radius 1 is 1.16 bits per heavy atom. The number of rotatable bonds is 6. The topological polar surface area (TPSA) is 18.5 Å². The molecule has 1 aromatic carbocycles. The molecule has 19 heavy (non-hydrogen) atoms. The lowest BCUT2D eigenvalue weighted by Gasteiger charge is -2.31. The number of ether oxygens (including phenoxy) is 2. The van der Waals surface area contributed by atoms with Crippen molar-refractivity contribution in [2.45, 2.75) is 38.5 Å². The van der Waals surface area contributed by atoms with Crippen molar-refractivity contribution in [1.82, 2.24) is 0 Å². The highest BCUT2D eigenvalue weighted by Gasteiger charge is 2.42. The van der Waals surface area contributed by atoms with Gasteiger partial charge in [-0.3, -0.25) is 0 Å². The minimum Gasteiger partial charge on any atom is -0.493 e. The maximum absolute atomic E-state index is 12.7. The average Bonchev–Trinajstić information content (AvgIpc) is 2.34. The van der Waals surface area contributed by atoms with Crippen LogP contribution in [0.3, 0.4) is 0 Å². The van der Waals surface area contributed by atoms with E-state index in [0.717, 1.165) is 6.42 Å². The number of methoxy groups -OCH3 is 1. The fourth-order valence-corrected chi connectivity index (χ4v) is 1.90. The summed E-state index contributed by atoms with van der Waals surface area (Å²) in [5.41, 5.74) is -1.02. The lowest BCUT2D eigenvalue weighted by Crippen LogP contribution is -2.31. The summed E-state index contributed by atoms with van der Waals surface area (Å²) >= 11 is 0. The predicted molar refractivity (Wildman–Crippen MR) is 67.3 cm³/mol. The monoisotopic (exact) mass is 276 g/mol. The van der Waals surface area contributed by atoms with Crippen molar-refractivity contribution in [2.24, 2.45) is 0 Å². The van der Waals surface area contributed by atoms with Gasteiger partial charge >= 0.3 is 6.18 Å². The second-order valence-corrected chi connectivity index (χ2v) is 4.57. The normalized spacial score (nSPS) is 15.1. The molecule has 1 atom stereocenters. The third-order valence-corrected chi connectivity index (χ3v) is 2.91. The molecule has 1 aromatic rings. The molecule has 0 radical (unpaired) electrons. The van der Waals surface area contributed by atoms with E-state index in [0.29, 0.717) is 17.9 Å². The Hall–Kier alpha value is -1.23. The highest BCUT2D eigenvalue weighted by Crippen LogP contribution is 2.40. The molecule has 1 rings (SSSR count). The number of halogens is 3. The summed E-state index contributed by atoms with van der Waals surface area (Å²) in [6.07, 6.45) is -4.57. The van der Waals surface area contributed by atoms with Crippen LogP contribution in [0.15, 0.2) is 24.3 Å². The van der Waals surface area contributed by atoms with E-state index in [1.807, 2.05) is 6.92 Å². The molecule has 108 valence electrons. The van der Waals surface area contributed by atoms with Gasteiger partial charge < -0.3 is 9.47 Å². The molecule has 0 aliphatic carbocycles. The summed E-state index contributed by atoms with van der Waals surface area (Å²) < 4.78 is 48.7. The number of para-hydroxylation sites is 1. The third-order valence-electron chi connectivity index (χ3n) is 2.91. The molecule has 0 saturated carbocycles. The highest BCUT2D eigenvalue weighted by molar-refractivity contribution is 5.38. The molecule has 2 nitrogen and oxygen atoms in total. The SMILES string of the molecule is CCCOc1ccccc1C(C)(CC(F)(F)F)OC. The smallest absolute Gasteiger partial charge is 0.392 e. The highest BCUT2D eigenvalue weighted by atomic mass is 19.4. The summed E-state index contributed by atoms with van der Waals surface area (Å²) in [4.78, 5) is 0. The van der Waals surface area contributed by atoms with E-state index in [-0.39, 0.29) is 0 Å². The Bertz CT molecular complexity index is 404. The first kappa shape index (κ1) is 15.8. The van der Waals surface area contributed by atoms with Crippen molar-refractivity contribution in [1.29, 1.82) is 0 Å². The minimum atomic E-state index is -4.30. The van der Waals surface area contributed by atoms with Crippen LogP contribution in [-0.2, 0) is 10.3 Å². The summed E-state index contributed by atoms with van der Waals surface area (Å²) in [6, 6.07) is 6.69. The van der Waals surface area contributed by atoms with Gasteiger partial charge in [0.1, 0.15) is 11.4 Å².